The maximum Gasteiger partial charge on any atom is 0.246 e. The van der Waals surface area contributed by atoms with E-state index in [1.165, 1.54) is 0 Å². The largest absolute Gasteiger partial charge is 0.493 e. The molecule has 1 saturated heterocycles. The zero-order chi connectivity index (χ0) is 18.1. The monoisotopic (exact) mass is 389 g/mol. The minimum atomic E-state index is -0.482. The molecule has 6 nitrogen and oxygen atoms in total. The fraction of sp³-hybridized carbons (Fsp3) is 0.400. The molecule has 1 fully saturated rings. The van der Waals surface area contributed by atoms with E-state index in [0.29, 0.717) is 30.7 Å². The average molecular weight is 390 g/mol. The van der Waals surface area contributed by atoms with Gasteiger partial charge >= 0.3 is 0 Å². The van der Waals surface area contributed by atoms with Gasteiger partial charge in [0.15, 0.2) is 0 Å². The third-order valence-corrected chi connectivity index (χ3v) is 4.55. The first-order valence-corrected chi connectivity index (χ1v) is 9.02. The van der Waals surface area contributed by atoms with Crippen LogP contribution in [0.25, 0.3) is 22.2 Å². The molecule has 2 heterocycles. The van der Waals surface area contributed by atoms with Crippen LogP contribution in [0.5, 0.6) is 5.75 Å². The van der Waals surface area contributed by atoms with Crippen molar-refractivity contribution in [3.63, 3.8) is 0 Å². The molecule has 144 valence electrons. The summed E-state index contributed by atoms with van der Waals surface area (Å²) in [5, 5.41) is 19.4. The van der Waals surface area contributed by atoms with E-state index in [1.54, 1.807) is 0 Å². The van der Waals surface area contributed by atoms with Crippen molar-refractivity contribution in [1.29, 1.82) is 0 Å². The molecule has 0 bridgehead atoms. The molecule has 0 aliphatic carbocycles. The highest BCUT2D eigenvalue weighted by Gasteiger charge is 2.31. The SMILES string of the molecule is CC(C)COc1ccc2cc(-c3noc([C@H]4NCC[C@@H]4O)n3)ccc2c1.Cl. The van der Waals surface area contributed by atoms with E-state index in [4.69, 9.17) is 9.26 Å². The Hall–Kier alpha value is -2.15. The number of benzene rings is 2. The highest BCUT2D eigenvalue weighted by molar-refractivity contribution is 5.87. The standard InChI is InChI=1S/C20H23N3O3.ClH/c1-12(2)11-25-16-6-5-13-9-15(4-3-14(13)10-16)19-22-20(26-23-19)18-17(24)7-8-21-18;/h3-6,9-10,12,17-18,21,24H,7-8,11H2,1-2H3;1H/t17-,18-;/m0./s1. The number of aliphatic hydroxyl groups excluding tert-OH is 1. The number of aliphatic hydroxyl groups is 1. The smallest absolute Gasteiger partial charge is 0.246 e. The van der Waals surface area contributed by atoms with Crippen molar-refractivity contribution in [3.8, 4) is 17.1 Å². The Morgan fingerprint density at radius 2 is 2.00 bits per heavy atom. The minimum absolute atomic E-state index is 0. The van der Waals surface area contributed by atoms with E-state index < -0.39 is 6.10 Å². The molecule has 7 heteroatoms. The molecule has 0 radical (unpaired) electrons. The van der Waals surface area contributed by atoms with Crippen molar-refractivity contribution in [2.45, 2.75) is 32.4 Å². The van der Waals surface area contributed by atoms with Crippen LogP contribution in [0.3, 0.4) is 0 Å². The first-order chi connectivity index (χ1) is 12.6. The second-order valence-corrected chi connectivity index (χ2v) is 7.17. The van der Waals surface area contributed by atoms with Gasteiger partial charge in [0.05, 0.1) is 12.7 Å². The predicted octanol–water partition coefficient (Wildman–Crippen LogP) is 3.74. The van der Waals surface area contributed by atoms with Crippen LogP contribution >= 0.6 is 12.4 Å². The Labute approximate surface area is 164 Å². The zero-order valence-electron chi connectivity index (χ0n) is 15.4. The van der Waals surface area contributed by atoms with Crippen LogP contribution < -0.4 is 10.1 Å². The second-order valence-electron chi connectivity index (χ2n) is 7.17. The Morgan fingerprint density at radius 3 is 2.74 bits per heavy atom. The topological polar surface area (TPSA) is 80.4 Å². The third-order valence-electron chi connectivity index (χ3n) is 4.55. The maximum atomic E-state index is 9.97. The van der Waals surface area contributed by atoms with Gasteiger partial charge in [-0.3, -0.25) is 0 Å². The van der Waals surface area contributed by atoms with Crippen LogP contribution in [-0.4, -0.2) is 34.5 Å². The summed E-state index contributed by atoms with van der Waals surface area (Å²) in [6.45, 7) is 5.72. The quantitative estimate of drug-likeness (QED) is 0.691. The number of halogens is 1. The van der Waals surface area contributed by atoms with Crippen molar-refractivity contribution >= 4 is 23.2 Å². The highest BCUT2D eigenvalue weighted by atomic mass is 35.5. The van der Waals surface area contributed by atoms with Gasteiger partial charge in [-0.25, -0.2) is 0 Å². The summed E-state index contributed by atoms with van der Waals surface area (Å²) in [4.78, 5) is 4.46. The van der Waals surface area contributed by atoms with Crippen molar-refractivity contribution in [2.75, 3.05) is 13.2 Å². The van der Waals surface area contributed by atoms with Gasteiger partial charge < -0.3 is 19.7 Å². The van der Waals surface area contributed by atoms with Gasteiger partial charge in [-0.2, -0.15) is 4.98 Å². The second kappa shape index (κ2) is 8.25. The first-order valence-electron chi connectivity index (χ1n) is 9.02. The number of nitrogens with zero attached hydrogens (tertiary/aromatic N) is 2. The number of hydrogen-bond acceptors (Lipinski definition) is 6. The zero-order valence-corrected chi connectivity index (χ0v) is 16.2. The number of aromatic nitrogens is 2. The summed E-state index contributed by atoms with van der Waals surface area (Å²) in [6, 6.07) is 11.8. The fourth-order valence-corrected chi connectivity index (χ4v) is 3.14. The number of fused-ring (bicyclic) bond motifs is 1. The van der Waals surface area contributed by atoms with Crippen molar-refractivity contribution in [2.24, 2.45) is 5.92 Å². The van der Waals surface area contributed by atoms with Gasteiger partial charge in [0.1, 0.15) is 11.8 Å². The molecule has 2 N–H and O–H groups in total. The summed E-state index contributed by atoms with van der Waals surface area (Å²) >= 11 is 0. The molecular weight excluding hydrogens is 366 g/mol. The van der Waals surface area contributed by atoms with E-state index in [0.717, 1.165) is 28.6 Å². The van der Waals surface area contributed by atoms with Crippen LogP contribution in [0.2, 0.25) is 0 Å². The Morgan fingerprint density at radius 1 is 1.22 bits per heavy atom. The maximum absolute atomic E-state index is 9.97. The molecule has 3 aromatic rings. The van der Waals surface area contributed by atoms with Crippen LogP contribution in [0.4, 0.5) is 0 Å². The summed E-state index contributed by atoms with van der Waals surface area (Å²) in [7, 11) is 0. The van der Waals surface area contributed by atoms with Gasteiger partial charge in [0.25, 0.3) is 0 Å². The summed E-state index contributed by atoms with van der Waals surface area (Å²) in [5.74, 6) is 2.33. The number of rotatable bonds is 5. The lowest BCUT2D eigenvalue weighted by Crippen LogP contribution is -2.21. The molecule has 1 aliphatic rings. The predicted molar refractivity (Wildman–Crippen MR) is 106 cm³/mol. The normalized spacial score (nSPS) is 19.4. The first kappa shape index (κ1) is 19.6. The van der Waals surface area contributed by atoms with E-state index >= 15 is 0 Å². The molecule has 27 heavy (non-hydrogen) atoms. The van der Waals surface area contributed by atoms with Crippen LogP contribution in [0, 0.1) is 5.92 Å². The minimum Gasteiger partial charge on any atom is -0.493 e. The molecule has 0 amide bonds. The molecule has 4 rings (SSSR count). The van der Waals surface area contributed by atoms with Crippen LogP contribution in [-0.2, 0) is 0 Å². The molecule has 0 saturated carbocycles. The van der Waals surface area contributed by atoms with E-state index in [1.807, 2.05) is 36.4 Å². The van der Waals surface area contributed by atoms with Gasteiger partial charge in [0.2, 0.25) is 11.7 Å². The molecule has 2 aromatic carbocycles. The van der Waals surface area contributed by atoms with Gasteiger partial charge in [-0.15, -0.1) is 12.4 Å². The lowest BCUT2D eigenvalue weighted by molar-refractivity contribution is 0.142. The molecule has 0 unspecified atom stereocenters. The number of hydrogen-bond donors (Lipinski definition) is 2. The Balaban J connectivity index is 0.00000210. The van der Waals surface area contributed by atoms with Gasteiger partial charge in [-0.1, -0.05) is 37.2 Å². The van der Waals surface area contributed by atoms with Crippen LogP contribution in [0.1, 0.15) is 32.2 Å². The molecule has 1 aliphatic heterocycles. The van der Waals surface area contributed by atoms with Gasteiger partial charge in [-0.05, 0) is 47.9 Å². The third kappa shape index (κ3) is 4.24. The lowest BCUT2D eigenvalue weighted by Gasteiger charge is -2.09. The van der Waals surface area contributed by atoms with E-state index in [9.17, 15) is 5.11 Å². The molecule has 1 aromatic heterocycles. The van der Waals surface area contributed by atoms with Crippen molar-refractivity contribution < 1.29 is 14.4 Å². The van der Waals surface area contributed by atoms with Gasteiger partial charge in [0, 0.05) is 5.56 Å². The Bertz CT molecular complexity index is 912. The molecule has 0 spiro atoms. The lowest BCUT2D eigenvalue weighted by atomic mass is 10.1. The Kier molecular flexibility index (Phi) is 5.99. The summed E-state index contributed by atoms with van der Waals surface area (Å²) in [6.07, 6.45) is 0.212. The summed E-state index contributed by atoms with van der Waals surface area (Å²) < 4.78 is 11.1. The molecule has 2 atom stereocenters. The average Bonchev–Trinajstić information content (AvgIpc) is 3.28. The highest BCUT2D eigenvalue weighted by Crippen LogP contribution is 2.28. The van der Waals surface area contributed by atoms with Crippen molar-refractivity contribution in [3.05, 3.63) is 42.3 Å². The van der Waals surface area contributed by atoms with E-state index in [-0.39, 0.29) is 18.4 Å². The number of ether oxygens (including phenoxy) is 1. The summed E-state index contributed by atoms with van der Waals surface area (Å²) in [5.41, 5.74) is 0.885. The number of nitrogens with one attached hydrogen (secondary N) is 1. The van der Waals surface area contributed by atoms with E-state index in [2.05, 4.69) is 29.3 Å². The fourth-order valence-electron chi connectivity index (χ4n) is 3.14. The van der Waals surface area contributed by atoms with Crippen molar-refractivity contribution in [1.82, 2.24) is 15.5 Å². The van der Waals surface area contributed by atoms with Crippen LogP contribution in [0.15, 0.2) is 40.9 Å². The molecular formula is C20H24ClN3O3.